The summed E-state index contributed by atoms with van der Waals surface area (Å²) in [4.78, 5) is 0. The molecule has 14 heavy (non-hydrogen) atoms. The Morgan fingerprint density at radius 2 is 2.21 bits per heavy atom. The summed E-state index contributed by atoms with van der Waals surface area (Å²) in [6.45, 7) is 0.0344. The second kappa shape index (κ2) is 4.69. The fourth-order valence-electron chi connectivity index (χ4n) is 0.970. The van der Waals surface area contributed by atoms with Crippen LogP contribution in [0.5, 0.6) is 11.5 Å². The molecule has 1 aromatic rings. The van der Waals surface area contributed by atoms with Crippen molar-refractivity contribution in [1.82, 2.24) is 0 Å². The lowest BCUT2D eigenvalue weighted by atomic mass is 10.3. The van der Waals surface area contributed by atoms with E-state index in [-0.39, 0.29) is 6.54 Å². The lowest BCUT2D eigenvalue weighted by Crippen LogP contribution is -2.25. The molecule has 0 radical (unpaired) electrons. The third-order valence-electron chi connectivity index (χ3n) is 1.68. The second-order valence-corrected chi connectivity index (χ2v) is 2.71. The highest BCUT2D eigenvalue weighted by Crippen LogP contribution is 2.26. The smallest absolute Gasteiger partial charge is 0.209 e. The van der Waals surface area contributed by atoms with E-state index in [1.807, 2.05) is 0 Å². The minimum Gasteiger partial charge on any atom is -0.494 e. The molecule has 0 bridgehead atoms. The van der Waals surface area contributed by atoms with Crippen LogP contribution in [0.1, 0.15) is 0 Å². The summed E-state index contributed by atoms with van der Waals surface area (Å²) in [5.41, 5.74) is 11.3. The van der Waals surface area contributed by atoms with E-state index >= 15 is 0 Å². The molecule has 0 saturated carbocycles. The third-order valence-corrected chi connectivity index (χ3v) is 1.68. The predicted molar refractivity (Wildman–Crippen MR) is 53.1 cm³/mol. The summed E-state index contributed by atoms with van der Waals surface area (Å²) in [5, 5.41) is 9.12. The van der Waals surface area contributed by atoms with Crippen molar-refractivity contribution in [2.75, 3.05) is 19.4 Å². The minimum atomic E-state index is -1.01. The van der Waals surface area contributed by atoms with Gasteiger partial charge in [-0.2, -0.15) is 0 Å². The molecule has 0 aliphatic carbocycles. The summed E-state index contributed by atoms with van der Waals surface area (Å²) in [6.07, 6.45) is -1.01. The molecule has 1 unspecified atom stereocenters. The highest BCUT2D eigenvalue weighted by atomic mass is 16.6. The van der Waals surface area contributed by atoms with Gasteiger partial charge in [-0.25, -0.2) is 0 Å². The Labute approximate surface area is 82.2 Å². The van der Waals surface area contributed by atoms with Gasteiger partial charge in [0.2, 0.25) is 6.29 Å². The van der Waals surface area contributed by atoms with Crippen LogP contribution >= 0.6 is 0 Å². The molecule has 0 aromatic heterocycles. The number of nitrogen functional groups attached to an aromatic ring is 1. The van der Waals surface area contributed by atoms with Crippen LogP contribution in [0, 0.1) is 0 Å². The van der Waals surface area contributed by atoms with Crippen molar-refractivity contribution in [2.24, 2.45) is 5.73 Å². The first-order valence-electron chi connectivity index (χ1n) is 4.15. The van der Waals surface area contributed by atoms with Gasteiger partial charge in [0.1, 0.15) is 11.5 Å². The van der Waals surface area contributed by atoms with Gasteiger partial charge in [0.25, 0.3) is 0 Å². The number of ether oxygens (including phenoxy) is 2. The van der Waals surface area contributed by atoms with Crippen molar-refractivity contribution >= 4 is 5.69 Å². The van der Waals surface area contributed by atoms with Gasteiger partial charge in [-0.1, -0.05) is 0 Å². The molecule has 0 spiro atoms. The number of benzene rings is 1. The average molecular weight is 198 g/mol. The number of rotatable bonds is 4. The average Bonchev–Trinajstić information content (AvgIpc) is 2.20. The van der Waals surface area contributed by atoms with Crippen molar-refractivity contribution in [3.05, 3.63) is 18.2 Å². The second-order valence-electron chi connectivity index (χ2n) is 2.71. The van der Waals surface area contributed by atoms with E-state index in [1.54, 1.807) is 18.2 Å². The van der Waals surface area contributed by atoms with Crippen LogP contribution in [0.4, 0.5) is 5.69 Å². The number of hydrogen-bond acceptors (Lipinski definition) is 5. The number of aliphatic hydroxyl groups excluding tert-OH is 1. The molecule has 1 rings (SSSR count). The Morgan fingerprint density at radius 3 is 2.79 bits per heavy atom. The SMILES string of the molecule is COc1cc(OC(O)CN)ccc1N. The zero-order chi connectivity index (χ0) is 10.6. The fourth-order valence-corrected chi connectivity index (χ4v) is 0.970. The summed E-state index contributed by atoms with van der Waals surface area (Å²) < 4.78 is 10.0. The van der Waals surface area contributed by atoms with Crippen LogP contribution in [0.15, 0.2) is 18.2 Å². The molecule has 0 aliphatic heterocycles. The van der Waals surface area contributed by atoms with Crippen molar-refractivity contribution < 1.29 is 14.6 Å². The standard InChI is InChI=1S/C9H14N2O3/c1-13-8-4-6(2-3-7(8)11)14-9(12)5-10/h2-4,9,12H,5,10-11H2,1H3. The molecule has 0 amide bonds. The molecule has 0 saturated heterocycles. The molecule has 0 aliphatic rings. The number of methoxy groups -OCH3 is 1. The van der Waals surface area contributed by atoms with Crippen LogP contribution in [0.25, 0.3) is 0 Å². The van der Waals surface area contributed by atoms with E-state index in [2.05, 4.69) is 0 Å². The number of anilines is 1. The number of aliphatic hydroxyl groups is 1. The zero-order valence-corrected chi connectivity index (χ0v) is 7.93. The van der Waals surface area contributed by atoms with Gasteiger partial charge in [0.15, 0.2) is 0 Å². The van der Waals surface area contributed by atoms with Crippen LogP contribution in [-0.2, 0) is 0 Å². The van der Waals surface area contributed by atoms with E-state index in [4.69, 9.17) is 26.0 Å². The van der Waals surface area contributed by atoms with E-state index < -0.39 is 6.29 Å². The number of hydrogen-bond donors (Lipinski definition) is 3. The van der Waals surface area contributed by atoms with Gasteiger partial charge >= 0.3 is 0 Å². The normalized spacial score (nSPS) is 12.2. The van der Waals surface area contributed by atoms with Crippen molar-refractivity contribution in [1.29, 1.82) is 0 Å². The van der Waals surface area contributed by atoms with Gasteiger partial charge in [-0.15, -0.1) is 0 Å². The first-order chi connectivity index (χ1) is 6.67. The minimum absolute atomic E-state index is 0.0344. The Bertz CT molecular complexity index is 304. The lowest BCUT2D eigenvalue weighted by molar-refractivity contribution is -0.00867. The van der Waals surface area contributed by atoms with Crippen molar-refractivity contribution in [2.45, 2.75) is 6.29 Å². The molecule has 5 heteroatoms. The Morgan fingerprint density at radius 1 is 1.50 bits per heavy atom. The summed E-state index contributed by atoms with van der Waals surface area (Å²) in [6, 6.07) is 4.86. The number of nitrogens with two attached hydrogens (primary N) is 2. The molecule has 1 atom stereocenters. The summed E-state index contributed by atoms with van der Waals surface area (Å²) >= 11 is 0. The topological polar surface area (TPSA) is 90.7 Å². The molecule has 5 N–H and O–H groups in total. The van der Waals surface area contributed by atoms with E-state index in [0.29, 0.717) is 17.2 Å². The van der Waals surface area contributed by atoms with Gasteiger partial charge in [-0.3, -0.25) is 0 Å². The molecule has 0 heterocycles. The van der Waals surface area contributed by atoms with E-state index in [9.17, 15) is 0 Å². The molecule has 5 nitrogen and oxygen atoms in total. The maximum absolute atomic E-state index is 9.12. The first kappa shape index (κ1) is 10.6. The maximum atomic E-state index is 9.12. The third kappa shape index (κ3) is 2.51. The molecular weight excluding hydrogens is 184 g/mol. The largest absolute Gasteiger partial charge is 0.494 e. The Hall–Kier alpha value is -1.46. The highest BCUT2D eigenvalue weighted by molar-refractivity contribution is 5.55. The molecule has 1 aromatic carbocycles. The maximum Gasteiger partial charge on any atom is 0.209 e. The Balaban J connectivity index is 2.79. The van der Waals surface area contributed by atoms with E-state index in [1.165, 1.54) is 7.11 Å². The van der Waals surface area contributed by atoms with Crippen LogP contribution < -0.4 is 20.9 Å². The molecule has 0 fully saturated rings. The van der Waals surface area contributed by atoms with Crippen LogP contribution in [0.2, 0.25) is 0 Å². The van der Waals surface area contributed by atoms with Gasteiger partial charge in [-0.05, 0) is 12.1 Å². The molecule has 78 valence electrons. The lowest BCUT2D eigenvalue weighted by Gasteiger charge is -2.12. The van der Waals surface area contributed by atoms with Crippen molar-refractivity contribution in [3.63, 3.8) is 0 Å². The van der Waals surface area contributed by atoms with E-state index in [0.717, 1.165) is 0 Å². The zero-order valence-electron chi connectivity index (χ0n) is 7.93. The first-order valence-corrected chi connectivity index (χ1v) is 4.15. The van der Waals surface area contributed by atoms with Gasteiger partial charge < -0.3 is 26.0 Å². The van der Waals surface area contributed by atoms with Gasteiger partial charge in [0, 0.05) is 6.07 Å². The monoisotopic (exact) mass is 198 g/mol. The van der Waals surface area contributed by atoms with Crippen LogP contribution in [-0.4, -0.2) is 25.1 Å². The predicted octanol–water partition coefficient (Wildman–Crippen LogP) is -0.0667. The molecular formula is C9H14N2O3. The highest BCUT2D eigenvalue weighted by Gasteiger charge is 2.05. The fraction of sp³-hybridized carbons (Fsp3) is 0.333. The van der Waals surface area contributed by atoms with Gasteiger partial charge in [0.05, 0.1) is 19.3 Å². The summed E-state index contributed by atoms with van der Waals surface area (Å²) in [7, 11) is 1.51. The quantitative estimate of drug-likeness (QED) is 0.465. The Kier molecular flexibility index (Phi) is 3.55. The van der Waals surface area contributed by atoms with Crippen LogP contribution in [0.3, 0.4) is 0 Å². The summed E-state index contributed by atoms with van der Waals surface area (Å²) in [5.74, 6) is 0.973. The van der Waals surface area contributed by atoms with Crippen molar-refractivity contribution in [3.8, 4) is 11.5 Å².